The molecule has 184 valence electrons. The van der Waals surface area contributed by atoms with Crippen LogP contribution in [0.2, 0.25) is 0 Å². The number of ether oxygens (including phenoxy) is 3. The van der Waals surface area contributed by atoms with Gasteiger partial charge in [-0.05, 0) is 18.9 Å². The molecule has 0 spiro atoms. The summed E-state index contributed by atoms with van der Waals surface area (Å²) in [5, 5.41) is 9.25. The maximum atomic E-state index is 14.3. The smallest absolute Gasteiger partial charge is 0.349 e. The lowest BCUT2D eigenvalue weighted by molar-refractivity contribution is -0.132. The average Bonchev–Trinajstić information content (AvgIpc) is 3.54. The molecule has 1 aliphatic rings. The molecular formula is C22H15FN4O9. The summed E-state index contributed by atoms with van der Waals surface area (Å²) in [5.74, 6) is -5.56. The van der Waals surface area contributed by atoms with Gasteiger partial charge in [0.1, 0.15) is 36.0 Å². The Hall–Kier alpha value is -4.90. The molecule has 0 aliphatic carbocycles. The highest BCUT2D eigenvalue weighted by Gasteiger charge is 2.29. The fourth-order valence-corrected chi connectivity index (χ4v) is 3.38. The molecule has 0 bridgehead atoms. The van der Waals surface area contributed by atoms with Gasteiger partial charge in [-0.2, -0.15) is 19.2 Å². The molecule has 1 aliphatic heterocycles. The minimum Gasteiger partial charge on any atom is -0.471 e. The molecule has 1 saturated heterocycles. The van der Waals surface area contributed by atoms with Crippen LogP contribution in [0.4, 0.5) is 4.39 Å². The van der Waals surface area contributed by atoms with Crippen molar-refractivity contribution in [2.24, 2.45) is 0 Å². The second-order valence-electron chi connectivity index (χ2n) is 7.38. The van der Waals surface area contributed by atoms with Crippen LogP contribution < -0.4 is 20.7 Å². The van der Waals surface area contributed by atoms with E-state index in [0.717, 1.165) is 24.0 Å². The number of hydrogen-bond donors (Lipinski definition) is 0. The Kier molecular flexibility index (Phi) is 6.57. The number of aromatic nitrogens is 3. The zero-order chi connectivity index (χ0) is 26.0. The van der Waals surface area contributed by atoms with Crippen LogP contribution in [0.1, 0.15) is 52.3 Å². The highest BCUT2D eigenvalue weighted by atomic mass is 19.1. The van der Waals surface area contributed by atoms with Crippen molar-refractivity contribution in [2.45, 2.75) is 26.0 Å². The first kappa shape index (κ1) is 24.2. The number of carbonyl (C=O) groups is 3. The average molecular weight is 498 g/mol. The van der Waals surface area contributed by atoms with E-state index in [1.807, 2.05) is 0 Å². The van der Waals surface area contributed by atoms with Gasteiger partial charge in [-0.3, -0.25) is 19.0 Å². The molecule has 0 N–H and O–H groups in total. The Labute approximate surface area is 199 Å². The third-order valence-corrected chi connectivity index (χ3v) is 5.00. The highest BCUT2D eigenvalue weighted by molar-refractivity contribution is 6.06. The molecule has 0 aromatic carbocycles. The predicted octanol–water partition coefficient (Wildman–Crippen LogP) is 1.15. The number of furan rings is 1. The molecule has 3 aromatic heterocycles. The molecule has 14 heteroatoms. The lowest BCUT2D eigenvalue weighted by Gasteiger charge is -2.14. The molecule has 36 heavy (non-hydrogen) atoms. The number of pyridine rings is 1. The van der Waals surface area contributed by atoms with Gasteiger partial charge >= 0.3 is 17.6 Å². The summed E-state index contributed by atoms with van der Waals surface area (Å²) in [4.78, 5) is 66.0. The number of nitrogens with zero attached hydrogens (tertiary/aromatic N) is 4. The molecule has 0 radical (unpaired) electrons. The van der Waals surface area contributed by atoms with Crippen LogP contribution in [-0.2, 0) is 9.53 Å². The standard InChI is InChI=1S/C22H15FN4O9/c1-11(28)35-16-5-4-12(7-24)18(25-16)36-21(31)14-10-33-9-13(14)19(29)27-20(30)15(23)8-26(22(27)32)17-3-2-6-34-17/h4-5,8-10,17H,2-3,6H2,1H3. The van der Waals surface area contributed by atoms with Crippen molar-refractivity contribution in [2.75, 3.05) is 6.61 Å². The van der Waals surface area contributed by atoms with E-state index in [0.29, 0.717) is 25.6 Å². The van der Waals surface area contributed by atoms with Crippen molar-refractivity contribution in [1.29, 1.82) is 5.26 Å². The molecule has 0 amide bonds. The van der Waals surface area contributed by atoms with Crippen LogP contribution in [0.25, 0.3) is 0 Å². The van der Waals surface area contributed by atoms with Crippen molar-refractivity contribution in [3.8, 4) is 17.8 Å². The minimum atomic E-state index is -1.54. The minimum absolute atomic E-state index is 0.0128. The van der Waals surface area contributed by atoms with E-state index in [1.54, 1.807) is 6.07 Å². The number of esters is 2. The first-order valence-corrected chi connectivity index (χ1v) is 10.3. The molecule has 4 heterocycles. The quantitative estimate of drug-likeness (QED) is 0.462. The summed E-state index contributed by atoms with van der Waals surface area (Å²) in [6.45, 7) is 1.41. The van der Waals surface area contributed by atoms with Gasteiger partial charge in [-0.15, -0.1) is 0 Å². The molecule has 1 fully saturated rings. The summed E-state index contributed by atoms with van der Waals surface area (Å²) in [5.41, 5.74) is -4.08. The van der Waals surface area contributed by atoms with E-state index in [9.17, 15) is 33.6 Å². The van der Waals surface area contributed by atoms with E-state index in [4.69, 9.17) is 18.6 Å². The lowest BCUT2D eigenvalue weighted by atomic mass is 10.2. The zero-order valence-electron chi connectivity index (χ0n) is 18.4. The lowest BCUT2D eigenvalue weighted by Crippen LogP contribution is -2.46. The van der Waals surface area contributed by atoms with Gasteiger partial charge in [0.25, 0.3) is 11.5 Å². The van der Waals surface area contributed by atoms with Gasteiger partial charge in [0.15, 0.2) is 0 Å². The van der Waals surface area contributed by atoms with Gasteiger partial charge in [-0.1, -0.05) is 0 Å². The second kappa shape index (κ2) is 9.76. The topological polar surface area (TPSA) is 173 Å². The van der Waals surface area contributed by atoms with E-state index in [2.05, 4.69) is 4.98 Å². The molecular weight excluding hydrogens is 483 g/mol. The van der Waals surface area contributed by atoms with Crippen molar-refractivity contribution in [3.05, 3.63) is 74.2 Å². The third kappa shape index (κ3) is 4.55. The Morgan fingerprint density at radius 1 is 1.19 bits per heavy atom. The normalized spacial score (nSPS) is 14.8. The fraction of sp³-hybridized carbons (Fsp3) is 0.227. The van der Waals surface area contributed by atoms with Gasteiger partial charge in [0, 0.05) is 19.6 Å². The van der Waals surface area contributed by atoms with Crippen LogP contribution in [-0.4, -0.2) is 38.6 Å². The molecule has 0 saturated carbocycles. The van der Waals surface area contributed by atoms with Crippen molar-refractivity contribution >= 4 is 17.8 Å². The highest BCUT2D eigenvalue weighted by Crippen LogP contribution is 2.23. The van der Waals surface area contributed by atoms with E-state index >= 15 is 0 Å². The largest absolute Gasteiger partial charge is 0.471 e. The van der Waals surface area contributed by atoms with Crippen LogP contribution in [0, 0.1) is 17.1 Å². The second-order valence-corrected chi connectivity index (χ2v) is 7.38. The van der Waals surface area contributed by atoms with Crippen molar-refractivity contribution in [3.63, 3.8) is 0 Å². The molecule has 13 nitrogen and oxygen atoms in total. The molecule has 1 atom stereocenters. The van der Waals surface area contributed by atoms with E-state index in [1.165, 1.54) is 12.1 Å². The molecule has 4 rings (SSSR count). The SMILES string of the molecule is CC(=O)Oc1ccc(C#N)c(OC(=O)c2cocc2C(=O)n2c(=O)c(F)cn(C3CCCO3)c2=O)n1. The van der Waals surface area contributed by atoms with Gasteiger partial charge in [0.2, 0.25) is 17.6 Å². The number of hydrogen-bond acceptors (Lipinski definition) is 11. The monoisotopic (exact) mass is 498 g/mol. The third-order valence-electron chi connectivity index (χ3n) is 5.00. The summed E-state index contributed by atoms with van der Waals surface area (Å²) in [6.07, 6.45) is 2.28. The number of nitriles is 1. The maximum absolute atomic E-state index is 14.3. The Bertz CT molecular complexity index is 1540. The van der Waals surface area contributed by atoms with Crippen molar-refractivity contribution in [1.82, 2.24) is 14.1 Å². The first-order valence-electron chi connectivity index (χ1n) is 10.3. The summed E-state index contributed by atoms with van der Waals surface area (Å²) in [6, 6.07) is 4.10. The van der Waals surface area contributed by atoms with Crippen LogP contribution in [0.5, 0.6) is 11.8 Å². The number of halogens is 1. The Balaban J connectivity index is 1.70. The maximum Gasteiger partial charge on any atom is 0.349 e. The summed E-state index contributed by atoms with van der Waals surface area (Å²) in [7, 11) is 0. The van der Waals surface area contributed by atoms with Crippen LogP contribution in [0.15, 0.2) is 44.9 Å². The Morgan fingerprint density at radius 3 is 2.61 bits per heavy atom. The Morgan fingerprint density at radius 2 is 1.94 bits per heavy atom. The van der Waals surface area contributed by atoms with E-state index in [-0.39, 0.29) is 16.0 Å². The van der Waals surface area contributed by atoms with E-state index < -0.39 is 58.1 Å². The first-order chi connectivity index (χ1) is 17.2. The predicted molar refractivity (Wildman–Crippen MR) is 113 cm³/mol. The molecule has 1 unspecified atom stereocenters. The summed E-state index contributed by atoms with van der Waals surface area (Å²) >= 11 is 0. The van der Waals surface area contributed by atoms with Crippen molar-refractivity contribution < 1.29 is 37.4 Å². The summed E-state index contributed by atoms with van der Waals surface area (Å²) < 4.78 is 35.2. The fourth-order valence-electron chi connectivity index (χ4n) is 3.38. The van der Waals surface area contributed by atoms with Crippen LogP contribution in [0.3, 0.4) is 0 Å². The van der Waals surface area contributed by atoms with Gasteiger partial charge in [0.05, 0.1) is 11.8 Å². The zero-order valence-corrected chi connectivity index (χ0v) is 18.4. The van der Waals surface area contributed by atoms with Crippen LogP contribution >= 0.6 is 0 Å². The number of rotatable bonds is 5. The van der Waals surface area contributed by atoms with Gasteiger partial charge in [-0.25, -0.2) is 9.59 Å². The van der Waals surface area contributed by atoms with Gasteiger partial charge < -0.3 is 18.6 Å². The molecule has 3 aromatic rings. The number of carbonyl (C=O) groups excluding carboxylic acids is 3.